The van der Waals surface area contributed by atoms with Crippen LogP contribution in [0.15, 0.2) is 29.6 Å². The van der Waals surface area contributed by atoms with E-state index in [0.29, 0.717) is 17.1 Å². The highest BCUT2D eigenvalue weighted by atomic mass is 32.1. The number of thiophene rings is 1. The van der Waals surface area contributed by atoms with Crippen molar-refractivity contribution in [1.29, 1.82) is 0 Å². The van der Waals surface area contributed by atoms with Crippen LogP contribution in [-0.2, 0) is 6.54 Å². The second-order valence-corrected chi connectivity index (χ2v) is 7.79. The number of likely N-dealkylation sites (tertiary alicyclic amines) is 1. The lowest BCUT2D eigenvalue weighted by molar-refractivity contribution is 0.0811. The molecule has 0 spiro atoms. The molecule has 0 saturated carbocycles. The van der Waals surface area contributed by atoms with E-state index in [1.165, 1.54) is 11.3 Å². The third kappa shape index (κ3) is 4.57. The van der Waals surface area contributed by atoms with Gasteiger partial charge in [-0.15, -0.1) is 11.3 Å². The van der Waals surface area contributed by atoms with Crippen molar-refractivity contribution >= 4 is 22.9 Å². The number of ketones is 2. The molecule has 27 heavy (non-hydrogen) atoms. The first kappa shape index (κ1) is 19.6. The summed E-state index contributed by atoms with van der Waals surface area (Å²) in [6.07, 6.45) is 1.89. The van der Waals surface area contributed by atoms with Crippen molar-refractivity contribution < 1.29 is 19.1 Å². The van der Waals surface area contributed by atoms with Crippen molar-refractivity contribution in [1.82, 2.24) is 4.90 Å². The van der Waals surface area contributed by atoms with Gasteiger partial charge in [0.05, 0.1) is 19.1 Å². The van der Waals surface area contributed by atoms with E-state index < -0.39 is 0 Å². The Morgan fingerprint density at radius 2 is 1.96 bits per heavy atom. The van der Waals surface area contributed by atoms with Gasteiger partial charge in [-0.1, -0.05) is 0 Å². The molecule has 2 heterocycles. The second kappa shape index (κ2) is 8.67. The second-order valence-electron chi connectivity index (χ2n) is 6.88. The molecule has 1 aliphatic rings. The number of benzene rings is 1. The molecule has 0 bridgehead atoms. The molecule has 1 fully saturated rings. The Morgan fingerprint density at radius 3 is 2.63 bits per heavy atom. The van der Waals surface area contributed by atoms with Crippen molar-refractivity contribution in [2.75, 3.05) is 27.3 Å². The predicted molar refractivity (Wildman–Crippen MR) is 106 cm³/mol. The van der Waals surface area contributed by atoms with E-state index in [-0.39, 0.29) is 17.5 Å². The smallest absolute Gasteiger partial charge is 0.169 e. The minimum Gasteiger partial charge on any atom is -0.493 e. The van der Waals surface area contributed by atoms with Crippen LogP contribution in [0.2, 0.25) is 0 Å². The van der Waals surface area contributed by atoms with Gasteiger partial charge in [-0.25, -0.2) is 0 Å². The molecule has 0 aliphatic carbocycles. The quantitative estimate of drug-likeness (QED) is 0.671. The van der Waals surface area contributed by atoms with E-state index in [2.05, 4.69) is 4.90 Å². The van der Waals surface area contributed by atoms with E-state index in [4.69, 9.17) is 9.47 Å². The molecule has 1 unspecified atom stereocenters. The summed E-state index contributed by atoms with van der Waals surface area (Å²) in [7, 11) is 3.16. The fraction of sp³-hybridized carbons (Fsp3) is 0.429. The summed E-state index contributed by atoms with van der Waals surface area (Å²) < 4.78 is 10.6. The Hall–Kier alpha value is -2.18. The Labute approximate surface area is 163 Å². The monoisotopic (exact) mass is 387 g/mol. The van der Waals surface area contributed by atoms with Crippen LogP contribution >= 0.6 is 11.3 Å². The summed E-state index contributed by atoms with van der Waals surface area (Å²) in [6, 6.07) is 7.31. The third-order valence-electron chi connectivity index (χ3n) is 4.95. The molecular weight excluding hydrogens is 362 g/mol. The van der Waals surface area contributed by atoms with Crippen LogP contribution in [0, 0.1) is 5.92 Å². The third-order valence-corrected chi connectivity index (χ3v) is 6.03. The van der Waals surface area contributed by atoms with Gasteiger partial charge in [-0.3, -0.25) is 14.5 Å². The molecule has 5 nitrogen and oxygen atoms in total. The first-order chi connectivity index (χ1) is 13.0. The maximum absolute atomic E-state index is 13.0. The number of ether oxygens (including phenoxy) is 2. The SMILES string of the molecule is COc1ccc(C(=O)C2CCCN(Cc3csc(C(C)=O)c3)C2)cc1OC. The zero-order valence-corrected chi connectivity index (χ0v) is 16.8. The number of hydrogen-bond donors (Lipinski definition) is 0. The summed E-state index contributed by atoms with van der Waals surface area (Å²) >= 11 is 1.49. The van der Waals surface area contributed by atoms with Crippen LogP contribution in [0.4, 0.5) is 0 Å². The average Bonchev–Trinajstić information content (AvgIpc) is 3.16. The maximum atomic E-state index is 13.0. The Kier molecular flexibility index (Phi) is 6.29. The van der Waals surface area contributed by atoms with Gasteiger partial charge in [-0.05, 0) is 61.5 Å². The Balaban J connectivity index is 1.68. The van der Waals surface area contributed by atoms with Crippen molar-refractivity contribution in [2.24, 2.45) is 5.92 Å². The number of methoxy groups -OCH3 is 2. The van der Waals surface area contributed by atoms with Crippen molar-refractivity contribution in [3.05, 3.63) is 45.6 Å². The normalized spacial score (nSPS) is 17.5. The zero-order valence-electron chi connectivity index (χ0n) is 16.0. The number of Topliss-reactive ketones (excluding diaryl/α,β-unsaturated/α-hetero) is 2. The highest BCUT2D eigenvalue weighted by molar-refractivity contribution is 7.12. The van der Waals surface area contributed by atoms with Gasteiger partial charge in [0.15, 0.2) is 23.1 Å². The van der Waals surface area contributed by atoms with Crippen LogP contribution in [0.5, 0.6) is 11.5 Å². The minimum atomic E-state index is -0.0252. The first-order valence-corrected chi connectivity index (χ1v) is 9.96. The lowest BCUT2D eigenvalue weighted by Crippen LogP contribution is -2.38. The van der Waals surface area contributed by atoms with E-state index in [9.17, 15) is 9.59 Å². The molecular formula is C21H25NO4S. The summed E-state index contributed by atoms with van der Waals surface area (Å²) in [5, 5.41) is 2.04. The van der Waals surface area contributed by atoms with Gasteiger partial charge < -0.3 is 9.47 Å². The largest absolute Gasteiger partial charge is 0.493 e. The van der Waals surface area contributed by atoms with Gasteiger partial charge in [0, 0.05) is 24.6 Å². The molecule has 3 rings (SSSR count). The Morgan fingerprint density at radius 1 is 1.19 bits per heavy atom. The summed E-state index contributed by atoms with van der Waals surface area (Å²) in [5.74, 6) is 1.42. The number of hydrogen-bond acceptors (Lipinski definition) is 6. The molecule has 1 saturated heterocycles. The predicted octanol–water partition coefficient (Wildman–Crippen LogP) is 4.06. The van der Waals surface area contributed by atoms with Crippen LogP contribution in [0.3, 0.4) is 0 Å². The standard InChI is InChI=1S/C21H25NO4S/c1-14(23)20-9-15(13-27-20)11-22-8-4-5-17(12-22)21(24)16-6-7-18(25-2)19(10-16)26-3/h6-7,9-10,13,17H,4-5,8,11-12H2,1-3H3. The van der Waals surface area contributed by atoms with Gasteiger partial charge >= 0.3 is 0 Å². The zero-order chi connectivity index (χ0) is 19.4. The topological polar surface area (TPSA) is 55.8 Å². The molecule has 1 aromatic carbocycles. The highest BCUT2D eigenvalue weighted by Gasteiger charge is 2.27. The lowest BCUT2D eigenvalue weighted by atomic mass is 9.89. The van der Waals surface area contributed by atoms with Gasteiger partial charge in [0.1, 0.15) is 0 Å². The first-order valence-electron chi connectivity index (χ1n) is 9.08. The molecule has 0 N–H and O–H groups in total. The molecule has 2 aromatic rings. The number of carbonyl (C=O) groups excluding carboxylic acids is 2. The van der Waals surface area contributed by atoms with Gasteiger partial charge in [0.25, 0.3) is 0 Å². The van der Waals surface area contributed by atoms with Crippen LogP contribution < -0.4 is 9.47 Å². The molecule has 1 atom stereocenters. The van der Waals surface area contributed by atoms with Gasteiger partial charge in [0.2, 0.25) is 0 Å². The molecule has 144 valence electrons. The van der Waals surface area contributed by atoms with Crippen LogP contribution in [-0.4, -0.2) is 43.8 Å². The molecule has 6 heteroatoms. The lowest BCUT2D eigenvalue weighted by Gasteiger charge is -2.31. The van der Waals surface area contributed by atoms with Crippen molar-refractivity contribution in [3.8, 4) is 11.5 Å². The minimum absolute atomic E-state index is 0.0252. The number of carbonyl (C=O) groups is 2. The number of rotatable bonds is 7. The van der Waals surface area contributed by atoms with Crippen LogP contribution in [0.25, 0.3) is 0 Å². The highest BCUT2D eigenvalue weighted by Crippen LogP contribution is 2.30. The van der Waals surface area contributed by atoms with Crippen molar-refractivity contribution in [3.63, 3.8) is 0 Å². The molecule has 0 radical (unpaired) electrons. The van der Waals surface area contributed by atoms with Gasteiger partial charge in [-0.2, -0.15) is 0 Å². The summed E-state index contributed by atoms with van der Waals surface area (Å²) in [6.45, 7) is 4.08. The fourth-order valence-electron chi connectivity index (χ4n) is 3.54. The van der Waals surface area contributed by atoms with E-state index >= 15 is 0 Å². The Bertz CT molecular complexity index is 829. The van der Waals surface area contributed by atoms with E-state index in [1.54, 1.807) is 39.3 Å². The molecule has 1 aromatic heterocycles. The molecule has 0 amide bonds. The fourth-order valence-corrected chi connectivity index (χ4v) is 4.35. The summed E-state index contributed by atoms with van der Waals surface area (Å²) in [4.78, 5) is 27.6. The summed E-state index contributed by atoms with van der Waals surface area (Å²) in [5.41, 5.74) is 1.80. The van der Waals surface area contributed by atoms with E-state index in [0.717, 1.165) is 42.9 Å². The average molecular weight is 388 g/mol. The molecule has 1 aliphatic heterocycles. The van der Waals surface area contributed by atoms with Crippen molar-refractivity contribution in [2.45, 2.75) is 26.3 Å². The number of nitrogens with zero attached hydrogens (tertiary/aromatic N) is 1. The van der Waals surface area contributed by atoms with Crippen LogP contribution in [0.1, 0.15) is 45.4 Å². The number of piperidine rings is 1. The van der Waals surface area contributed by atoms with E-state index in [1.807, 2.05) is 11.4 Å². The maximum Gasteiger partial charge on any atom is 0.169 e.